The van der Waals surface area contributed by atoms with Crippen LogP contribution in [0.1, 0.15) is 43.4 Å². The highest BCUT2D eigenvalue weighted by Crippen LogP contribution is 2.41. The highest BCUT2D eigenvalue weighted by molar-refractivity contribution is 5.73. The molecule has 1 saturated heterocycles. The second kappa shape index (κ2) is 8.83. The highest BCUT2D eigenvalue weighted by Gasteiger charge is 2.36. The van der Waals surface area contributed by atoms with Crippen molar-refractivity contribution in [2.75, 3.05) is 27.1 Å². The van der Waals surface area contributed by atoms with Gasteiger partial charge in [0, 0.05) is 0 Å². The topological polar surface area (TPSA) is 77.5 Å². The van der Waals surface area contributed by atoms with E-state index in [-0.39, 0.29) is 12.8 Å². The fourth-order valence-corrected chi connectivity index (χ4v) is 4.32. The van der Waals surface area contributed by atoms with Crippen molar-refractivity contribution in [1.82, 2.24) is 4.90 Å². The molecule has 0 aromatic heterocycles. The first-order valence-corrected chi connectivity index (χ1v) is 10.3. The zero-order valence-electron chi connectivity index (χ0n) is 17.3. The van der Waals surface area contributed by atoms with E-state index in [2.05, 4.69) is 4.90 Å². The van der Waals surface area contributed by atoms with Crippen LogP contribution in [0.5, 0.6) is 23.0 Å². The molecular weight excluding hydrogens is 386 g/mol. The van der Waals surface area contributed by atoms with Crippen LogP contribution in [-0.2, 0) is 4.79 Å². The van der Waals surface area contributed by atoms with Crippen LogP contribution in [0.2, 0.25) is 0 Å². The number of methoxy groups -OCH3 is 1. The predicted octanol–water partition coefficient (Wildman–Crippen LogP) is 3.85. The van der Waals surface area contributed by atoms with Crippen molar-refractivity contribution >= 4 is 5.97 Å². The van der Waals surface area contributed by atoms with Gasteiger partial charge in [0.05, 0.1) is 19.8 Å². The van der Waals surface area contributed by atoms with Crippen molar-refractivity contribution in [3.63, 3.8) is 0 Å². The van der Waals surface area contributed by atoms with Gasteiger partial charge in [-0.05, 0) is 61.7 Å². The molecule has 7 heteroatoms. The van der Waals surface area contributed by atoms with E-state index in [1.165, 1.54) is 0 Å². The second-order valence-corrected chi connectivity index (χ2v) is 7.45. The van der Waals surface area contributed by atoms with Gasteiger partial charge in [0.15, 0.2) is 23.0 Å². The molecule has 0 aliphatic carbocycles. The van der Waals surface area contributed by atoms with E-state index in [1.54, 1.807) is 7.11 Å². The van der Waals surface area contributed by atoms with Gasteiger partial charge in [-0.1, -0.05) is 18.6 Å². The van der Waals surface area contributed by atoms with E-state index in [9.17, 15) is 9.90 Å². The summed E-state index contributed by atoms with van der Waals surface area (Å²) in [5, 5.41) is 9.89. The molecule has 0 spiro atoms. The average Bonchev–Trinajstić information content (AvgIpc) is 3.23. The molecule has 30 heavy (non-hydrogen) atoms. The van der Waals surface area contributed by atoms with Gasteiger partial charge >= 0.3 is 5.97 Å². The lowest BCUT2D eigenvalue weighted by Gasteiger charge is -2.39. The smallest absolute Gasteiger partial charge is 0.320 e. The maximum Gasteiger partial charge on any atom is 0.320 e. The largest absolute Gasteiger partial charge is 0.493 e. The monoisotopic (exact) mass is 413 g/mol. The van der Waals surface area contributed by atoms with Crippen molar-refractivity contribution in [2.24, 2.45) is 0 Å². The van der Waals surface area contributed by atoms with Crippen LogP contribution in [-0.4, -0.2) is 49.1 Å². The van der Waals surface area contributed by atoms with Crippen LogP contribution in [0.3, 0.4) is 0 Å². The zero-order chi connectivity index (χ0) is 21.1. The van der Waals surface area contributed by atoms with E-state index in [0.29, 0.717) is 42.6 Å². The van der Waals surface area contributed by atoms with Crippen LogP contribution in [0, 0.1) is 0 Å². The number of carbonyl (C=O) groups is 1. The minimum Gasteiger partial charge on any atom is -0.493 e. The Kier molecular flexibility index (Phi) is 5.99. The molecule has 0 saturated carbocycles. The Hall–Kier alpha value is -2.93. The summed E-state index contributed by atoms with van der Waals surface area (Å²) in [7, 11) is 1.61. The van der Waals surface area contributed by atoms with Gasteiger partial charge < -0.3 is 24.1 Å². The van der Waals surface area contributed by atoms with Gasteiger partial charge in [-0.2, -0.15) is 0 Å². The lowest BCUT2D eigenvalue weighted by molar-refractivity contribution is -0.145. The second-order valence-electron chi connectivity index (χ2n) is 7.45. The summed E-state index contributed by atoms with van der Waals surface area (Å²) in [6.45, 7) is 3.36. The standard InChI is InChI=1S/C23H27NO6/c1-3-28-18-9-7-15(12-20(18)27-2)22(24-11-5-4-6-17(24)23(25)26)16-8-10-19-21(13-16)30-14-29-19/h7-10,12-13,17,22H,3-6,11,14H2,1-2H3,(H,25,26). The molecular formula is C23H27NO6. The van der Waals surface area contributed by atoms with Gasteiger partial charge in [0.25, 0.3) is 0 Å². The number of nitrogens with zero attached hydrogens (tertiary/aromatic N) is 1. The number of aliphatic carboxylic acids is 1. The highest BCUT2D eigenvalue weighted by atomic mass is 16.7. The number of likely N-dealkylation sites (tertiary alicyclic amines) is 1. The summed E-state index contributed by atoms with van der Waals surface area (Å²) >= 11 is 0. The van der Waals surface area contributed by atoms with E-state index in [4.69, 9.17) is 18.9 Å². The molecule has 7 nitrogen and oxygen atoms in total. The number of hydrogen-bond acceptors (Lipinski definition) is 6. The molecule has 2 aliphatic rings. The van der Waals surface area contributed by atoms with E-state index in [1.807, 2.05) is 43.3 Å². The molecule has 2 atom stereocenters. The lowest BCUT2D eigenvalue weighted by Crippen LogP contribution is -2.46. The fraction of sp³-hybridized carbons (Fsp3) is 0.435. The Morgan fingerprint density at radius 1 is 1.13 bits per heavy atom. The number of rotatable bonds is 7. The first-order chi connectivity index (χ1) is 14.6. The maximum atomic E-state index is 12.1. The minimum absolute atomic E-state index is 0.196. The lowest BCUT2D eigenvalue weighted by atomic mass is 9.91. The van der Waals surface area contributed by atoms with Crippen molar-refractivity contribution in [2.45, 2.75) is 38.3 Å². The molecule has 2 heterocycles. The van der Waals surface area contributed by atoms with Crippen LogP contribution in [0.25, 0.3) is 0 Å². The Morgan fingerprint density at radius 2 is 1.90 bits per heavy atom. The third-order valence-electron chi connectivity index (χ3n) is 5.68. The molecule has 2 unspecified atom stereocenters. The SMILES string of the molecule is CCOc1ccc(C(c2ccc3c(c2)OCO3)N2CCCCC2C(=O)O)cc1OC. The molecule has 1 fully saturated rings. The van der Waals surface area contributed by atoms with Gasteiger partial charge in [-0.25, -0.2) is 0 Å². The van der Waals surface area contributed by atoms with Gasteiger partial charge in [0.2, 0.25) is 6.79 Å². The van der Waals surface area contributed by atoms with E-state index in [0.717, 1.165) is 24.0 Å². The first kappa shape index (κ1) is 20.3. The predicted molar refractivity (Wildman–Crippen MR) is 111 cm³/mol. The number of hydrogen-bond donors (Lipinski definition) is 1. The number of fused-ring (bicyclic) bond motifs is 1. The van der Waals surface area contributed by atoms with Gasteiger partial charge in [-0.15, -0.1) is 0 Å². The molecule has 2 aromatic carbocycles. The number of ether oxygens (including phenoxy) is 4. The average molecular weight is 413 g/mol. The van der Waals surface area contributed by atoms with Gasteiger partial charge in [0.1, 0.15) is 6.04 Å². The fourth-order valence-electron chi connectivity index (χ4n) is 4.32. The summed E-state index contributed by atoms with van der Waals surface area (Å²) in [5.74, 6) is 1.89. The van der Waals surface area contributed by atoms with Gasteiger partial charge in [-0.3, -0.25) is 9.69 Å². The number of carboxylic acid groups (broad SMARTS) is 1. The molecule has 2 aromatic rings. The summed E-state index contributed by atoms with van der Waals surface area (Å²) < 4.78 is 22.3. The molecule has 160 valence electrons. The number of benzene rings is 2. The zero-order valence-corrected chi connectivity index (χ0v) is 17.3. The quantitative estimate of drug-likeness (QED) is 0.739. The first-order valence-electron chi connectivity index (χ1n) is 10.3. The van der Waals surface area contributed by atoms with Crippen molar-refractivity contribution < 1.29 is 28.8 Å². The van der Waals surface area contributed by atoms with Crippen LogP contribution >= 0.6 is 0 Å². The molecule has 0 radical (unpaired) electrons. The normalized spacial score (nSPS) is 19.3. The van der Waals surface area contributed by atoms with Crippen molar-refractivity contribution in [3.8, 4) is 23.0 Å². The Bertz CT molecular complexity index is 915. The molecule has 2 aliphatic heterocycles. The number of piperidine rings is 1. The maximum absolute atomic E-state index is 12.1. The van der Waals surface area contributed by atoms with Crippen molar-refractivity contribution in [3.05, 3.63) is 47.5 Å². The minimum atomic E-state index is -0.793. The van der Waals surface area contributed by atoms with Crippen molar-refractivity contribution in [1.29, 1.82) is 0 Å². The number of carboxylic acids is 1. The third kappa shape index (κ3) is 3.89. The summed E-state index contributed by atoms with van der Waals surface area (Å²) in [6, 6.07) is 10.8. The summed E-state index contributed by atoms with van der Waals surface area (Å²) in [4.78, 5) is 14.1. The van der Waals surface area contributed by atoms with Crippen LogP contribution in [0.4, 0.5) is 0 Å². The van der Waals surface area contributed by atoms with Crippen LogP contribution < -0.4 is 18.9 Å². The Balaban J connectivity index is 1.80. The Labute approximate surface area is 176 Å². The van der Waals surface area contributed by atoms with E-state index >= 15 is 0 Å². The molecule has 0 bridgehead atoms. The summed E-state index contributed by atoms with van der Waals surface area (Å²) in [6.07, 6.45) is 2.50. The molecule has 1 N–H and O–H groups in total. The third-order valence-corrected chi connectivity index (χ3v) is 5.68. The van der Waals surface area contributed by atoms with Crippen LogP contribution in [0.15, 0.2) is 36.4 Å². The summed E-state index contributed by atoms with van der Waals surface area (Å²) in [5.41, 5.74) is 1.90. The Morgan fingerprint density at radius 3 is 2.67 bits per heavy atom. The van der Waals surface area contributed by atoms with E-state index < -0.39 is 12.0 Å². The molecule has 0 amide bonds. The molecule has 4 rings (SSSR count).